The number of carbonyl (C=O) groups excluding carboxylic acids is 2. The number of amides is 1. The molecule has 1 aromatic rings. The van der Waals surface area contributed by atoms with E-state index in [1.807, 2.05) is 0 Å². The molecule has 17 heavy (non-hydrogen) atoms. The highest BCUT2D eigenvalue weighted by Crippen LogP contribution is 2.09. The van der Waals surface area contributed by atoms with Gasteiger partial charge in [-0.2, -0.15) is 0 Å². The zero-order valence-corrected chi connectivity index (χ0v) is 9.89. The van der Waals surface area contributed by atoms with E-state index in [1.54, 1.807) is 24.3 Å². The molecular formula is C11H11ClN2O3. The zero-order chi connectivity index (χ0) is 12.8. The molecule has 5 nitrogen and oxygen atoms in total. The van der Waals surface area contributed by atoms with Gasteiger partial charge in [0.2, 0.25) is 0 Å². The minimum Gasteiger partial charge on any atom is -0.410 e. The fourth-order valence-corrected chi connectivity index (χ4v) is 1.48. The lowest BCUT2D eigenvalue weighted by atomic mass is 10.1. The van der Waals surface area contributed by atoms with Gasteiger partial charge in [-0.25, -0.2) is 0 Å². The zero-order valence-electron chi connectivity index (χ0n) is 9.13. The maximum Gasteiger partial charge on any atom is 0.254 e. The van der Waals surface area contributed by atoms with Crippen molar-refractivity contribution in [1.82, 2.24) is 4.90 Å². The Morgan fingerprint density at radius 3 is 2.76 bits per heavy atom. The van der Waals surface area contributed by atoms with Crippen LogP contribution in [0.25, 0.3) is 0 Å². The van der Waals surface area contributed by atoms with Crippen LogP contribution in [0.1, 0.15) is 20.7 Å². The Morgan fingerprint density at radius 1 is 1.53 bits per heavy atom. The third-order valence-corrected chi connectivity index (χ3v) is 2.34. The highest BCUT2D eigenvalue weighted by molar-refractivity contribution is 6.66. The van der Waals surface area contributed by atoms with Crippen molar-refractivity contribution in [2.24, 2.45) is 5.16 Å². The van der Waals surface area contributed by atoms with Crippen molar-refractivity contribution in [2.45, 2.75) is 0 Å². The van der Waals surface area contributed by atoms with E-state index in [-0.39, 0.29) is 23.2 Å². The molecule has 0 atom stereocenters. The van der Waals surface area contributed by atoms with Crippen molar-refractivity contribution in [3.63, 3.8) is 0 Å². The first-order valence-electron chi connectivity index (χ1n) is 4.76. The molecule has 0 aliphatic heterocycles. The minimum absolute atomic E-state index is 0.0237. The minimum atomic E-state index is -0.366. The molecule has 1 N–H and O–H groups in total. The number of benzene rings is 1. The quantitative estimate of drug-likeness (QED) is 0.384. The van der Waals surface area contributed by atoms with Crippen molar-refractivity contribution < 1.29 is 14.8 Å². The second-order valence-electron chi connectivity index (χ2n) is 3.34. The van der Waals surface area contributed by atoms with Gasteiger partial charge in [-0.15, -0.1) is 0 Å². The van der Waals surface area contributed by atoms with Crippen LogP contribution in [0.5, 0.6) is 0 Å². The fourth-order valence-electron chi connectivity index (χ4n) is 1.30. The summed E-state index contributed by atoms with van der Waals surface area (Å²) >= 11 is 5.50. The van der Waals surface area contributed by atoms with Crippen molar-refractivity contribution in [3.05, 3.63) is 35.4 Å². The highest BCUT2D eigenvalue weighted by atomic mass is 35.5. The number of halogens is 1. The monoisotopic (exact) mass is 254 g/mol. The SMILES string of the molecule is CN(C/C(Cl)=N/O)C(=O)c1ccccc1C=O. The molecule has 0 radical (unpaired) electrons. The van der Waals surface area contributed by atoms with E-state index >= 15 is 0 Å². The van der Waals surface area contributed by atoms with Crippen molar-refractivity contribution >= 4 is 29.0 Å². The molecule has 0 unspecified atom stereocenters. The van der Waals surface area contributed by atoms with Crippen LogP contribution in [0.2, 0.25) is 0 Å². The Bertz CT molecular complexity index is 460. The van der Waals surface area contributed by atoms with Crippen molar-refractivity contribution in [1.29, 1.82) is 0 Å². The fraction of sp³-hybridized carbons (Fsp3) is 0.182. The molecule has 0 aliphatic carbocycles. The second-order valence-corrected chi connectivity index (χ2v) is 3.78. The normalized spacial score (nSPS) is 11.1. The smallest absolute Gasteiger partial charge is 0.254 e. The molecule has 0 fully saturated rings. The van der Waals surface area contributed by atoms with Gasteiger partial charge in [-0.05, 0) is 6.07 Å². The second kappa shape index (κ2) is 6.00. The van der Waals surface area contributed by atoms with E-state index in [0.29, 0.717) is 11.8 Å². The molecule has 1 aromatic carbocycles. The number of hydrogen-bond acceptors (Lipinski definition) is 4. The summed E-state index contributed by atoms with van der Waals surface area (Å²) in [5.41, 5.74) is 0.591. The average molecular weight is 255 g/mol. The van der Waals surface area contributed by atoms with Crippen LogP contribution < -0.4 is 0 Å². The Labute approximate surface area is 103 Å². The predicted molar refractivity (Wildman–Crippen MR) is 63.9 cm³/mol. The molecule has 0 saturated heterocycles. The van der Waals surface area contributed by atoms with Crippen LogP contribution in [-0.2, 0) is 0 Å². The first kappa shape index (κ1) is 13.2. The van der Waals surface area contributed by atoms with E-state index < -0.39 is 0 Å². The molecular weight excluding hydrogens is 244 g/mol. The summed E-state index contributed by atoms with van der Waals surface area (Å²) in [4.78, 5) is 24.0. The molecule has 90 valence electrons. The van der Waals surface area contributed by atoms with Crippen molar-refractivity contribution in [2.75, 3.05) is 13.6 Å². The predicted octanol–water partition coefficient (Wildman–Crippen LogP) is 1.60. The maximum atomic E-state index is 11.9. The average Bonchev–Trinajstić information content (AvgIpc) is 2.37. The Hall–Kier alpha value is -1.88. The van der Waals surface area contributed by atoms with Gasteiger partial charge in [0.05, 0.1) is 12.1 Å². The lowest BCUT2D eigenvalue weighted by Crippen LogP contribution is -2.31. The van der Waals surface area contributed by atoms with E-state index in [9.17, 15) is 9.59 Å². The van der Waals surface area contributed by atoms with Crippen molar-refractivity contribution in [3.8, 4) is 0 Å². The van der Waals surface area contributed by atoms with E-state index in [0.717, 1.165) is 0 Å². The molecule has 1 amide bonds. The van der Waals surface area contributed by atoms with Crippen LogP contribution >= 0.6 is 11.6 Å². The van der Waals surface area contributed by atoms with Gasteiger partial charge >= 0.3 is 0 Å². The topological polar surface area (TPSA) is 70.0 Å². The van der Waals surface area contributed by atoms with Gasteiger partial charge in [0, 0.05) is 12.6 Å². The molecule has 0 heterocycles. The first-order chi connectivity index (χ1) is 8.10. The van der Waals surface area contributed by atoms with E-state index in [2.05, 4.69) is 5.16 Å². The molecule has 1 rings (SSSR count). The lowest BCUT2D eigenvalue weighted by Gasteiger charge is -2.16. The summed E-state index contributed by atoms with van der Waals surface area (Å²) in [5.74, 6) is -0.366. The maximum absolute atomic E-state index is 11.9. The molecule has 6 heteroatoms. The van der Waals surface area contributed by atoms with Gasteiger partial charge in [-0.3, -0.25) is 9.59 Å². The Kier molecular flexibility index (Phi) is 4.66. The number of oxime groups is 1. The molecule has 0 saturated carbocycles. The summed E-state index contributed by atoms with van der Waals surface area (Å²) in [6.45, 7) is -0.0237. The standard InChI is InChI=1S/C11H11ClN2O3/c1-14(6-10(12)13-17)11(16)9-5-3-2-4-8(9)7-15/h2-5,7,17H,6H2,1H3/b13-10-. The Balaban J connectivity index is 2.92. The van der Waals surface area contributed by atoms with Gasteiger partial charge in [-0.1, -0.05) is 35.0 Å². The first-order valence-corrected chi connectivity index (χ1v) is 5.14. The van der Waals surface area contributed by atoms with Crippen LogP contribution in [0, 0.1) is 0 Å². The van der Waals surface area contributed by atoms with Gasteiger partial charge in [0.25, 0.3) is 5.91 Å². The third kappa shape index (κ3) is 3.29. The summed E-state index contributed by atoms with van der Waals surface area (Å²) < 4.78 is 0. The number of aldehydes is 1. The van der Waals surface area contributed by atoms with Crippen LogP contribution in [0.3, 0.4) is 0 Å². The molecule has 0 aliphatic rings. The summed E-state index contributed by atoms with van der Waals surface area (Å²) in [6.07, 6.45) is 0.614. The third-order valence-electron chi connectivity index (χ3n) is 2.14. The Morgan fingerprint density at radius 2 is 2.18 bits per heavy atom. The van der Waals surface area contributed by atoms with Crippen LogP contribution in [0.15, 0.2) is 29.4 Å². The molecule has 0 spiro atoms. The number of hydrogen-bond donors (Lipinski definition) is 1. The van der Waals surface area contributed by atoms with Gasteiger partial charge in [0.1, 0.15) is 0 Å². The summed E-state index contributed by atoms with van der Waals surface area (Å²) in [6, 6.07) is 6.43. The lowest BCUT2D eigenvalue weighted by molar-refractivity contribution is 0.0811. The number of carbonyl (C=O) groups is 2. The van der Waals surface area contributed by atoms with E-state index in [1.165, 1.54) is 11.9 Å². The van der Waals surface area contributed by atoms with Crippen LogP contribution in [0.4, 0.5) is 0 Å². The van der Waals surface area contributed by atoms with E-state index in [4.69, 9.17) is 16.8 Å². The number of nitrogens with zero attached hydrogens (tertiary/aromatic N) is 2. The van der Waals surface area contributed by atoms with Gasteiger partial charge in [0.15, 0.2) is 11.5 Å². The summed E-state index contributed by atoms with van der Waals surface area (Å²) in [7, 11) is 1.50. The highest BCUT2D eigenvalue weighted by Gasteiger charge is 2.16. The molecule has 0 aromatic heterocycles. The largest absolute Gasteiger partial charge is 0.410 e. The molecule has 0 bridgehead atoms. The van der Waals surface area contributed by atoms with Gasteiger partial charge < -0.3 is 10.1 Å². The number of rotatable bonds is 4. The van der Waals surface area contributed by atoms with Crippen LogP contribution in [-0.4, -0.2) is 41.1 Å². The summed E-state index contributed by atoms with van der Waals surface area (Å²) in [5, 5.41) is 11.1.